The van der Waals surface area contributed by atoms with E-state index in [-0.39, 0.29) is 12.5 Å². The number of hydrogen-bond acceptors (Lipinski definition) is 4. The number of ether oxygens (including phenoxy) is 1. The van der Waals surface area contributed by atoms with E-state index in [0.717, 1.165) is 17.6 Å². The average Bonchev–Trinajstić information content (AvgIpc) is 2.36. The molecule has 6 nitrogen and oxygen atoms in total. The monoisotopic (exact) mass is 286 g/mol. The Balaban J connectivity index is 2.27. The number of carbonyl (C=O) groups is 1. The summed E-state index contributed by atoms with van der Waals surface area (Å²) >= 11 is 0. The van der Waals surface area contributed by atoms with Gasteiger partial charge in [0.1, 0.15) is 5.75 Å². The summed E-state index contributed by atoms with van der Waals surface area (Å²) in [4.78, 5) is 11.3. The van der Waals surface area contributed by atoms with E-state index in [4.69, 9.17) is 4.74 Å². The van der Waals surface area contributed by atoms with Crippen molar-refractivity contribution in [2.45, 2.75) is 6.42 Å². The molecule has 0 aliphatic heterocycles. The van der Waals surface area contributed by atoms with Gasteiger partial charge in [-0.05, 0) is 24.1 Å². The predicted molar refractivity (Wildman–Crippen MR) is 72.6 cm³/mol. The lowest BCUT2D eigenvalue weighted by atomic mass is 10.1. The van der Waals surface area contributed by atoms with E-state index in [1.54, 1.807) is 7.11 Å². The van der Waals surface area contributed by atoms with E-state index in [1.807, 2.05) is 24.3 Å². The first-order valence-corrected chi connectivity index (χ1v) is 7.64. The standard InChI is InChI=1S/C12H18N2O4S/c1-18-11-5-3-10(4-6-11)7-8-13-12(15)9-14-19(2,16)17/h3-6,14H,7-9H2,1-2H3,(H,13,15). The van der Waals surface area contributed by atoms with Crippen LogP contribution in [0.3, 0.4) is 0 Å². The number of hydrogen-bond donors (Lipinski definition) is 2. The molecule has 7 heteroatoms. The molecule has 0 aromatic heterocycles. The first kappa shape index (κ1) is 15.5. The van der Waals surface area contributed by atoms with E-state index in [2.05, 4.69) is 10.0 Å². The molecular weight excluding hydrogens is 268 g/mol. The summed E-state index contributed by atoms with van der Waals surface area (Å²) in [7, 11) is -1.73. The van der Waals surface area contributed by atoms with Gasteiger partial charge in [-0.1, -0.05) is 12.1 Å². The van der Waals surface area contributed by atoms with Crippen LogP contribution in [0.4, 0.5) is 0 Å². The highest BCUT2D eigenvalue weighted by atomic mass is 32.2. The SMILES string of the molecule is COc1ccc(CCNC(=O)CNS(C)(=O)=O)cc1. The Labute approximate surface area is 113 Å². The number of methoxy groups -OCH3 is 1. The van der Waals surface area contributed by atoms with Crippen molar-refractivity contribution < 1.29 is 17.9 Å². The first-order valence-electron chi connectivity index (χ1n) is 5.75. The van der Waals surface area contributed by atoms with Crippen LogP contribution < -0.4 is 14.8 Å². The van der Waals surface area contributed by atoms with Crippen LogP contribution in [0.25, 0.3) is 0 Å². The molecule has 0 bridgehead atoms. The van der Waals surface area contributed by atoms with E-state index < -0.39 is 10.0 Å². The summed E-state index contributed by atoms with van der Waals surface area (Å²) in [6.45, 7) is 0.220. The van der Waals surface area contributed by atoms with Gasteiger partial charge in [0, 0.05) is 6.54 Å². The molecule has 1 aromatic carbocycles. The van der Waals surface area contributed by atoms with Crippen molar-refractivity contribution in [3.05, 3.63) is 29.8 Å². The van der Waals surface area contributed by atoms with Crippen molar-refractivity contribution in [1.29, 1.82) is 0 Å². The topological polar surface area (TPSA) is 84.5 Å². The van der Waals surface area contributed by atoms with Crippen LogP contribution in [0.5, 0.6) is 5.75 Å². The van der Waals surface area contributed by atoms with E-state index in [9.17, 15) is 13.2 Å². The quantitative estimate of drug-likeness (QED) is 0.733. The third-order valence-corrected chi connectivity index (χ3v) is 3.06. The Morgan fingerprint density at radius 2 is 1.89 bits per heavy atom. The Kier molecular flexibility index (Phi) is 5.78. The lowest BCUT2D eigenvalue weighted by molar-refractivity contribution is -0.119. The molecule has 0 atom stereocenters. The van der Waals surface area contributed by atoms with Crippen LogP contribution >= 0.6 is 0 Å². The molecule has 0 saturated carbocycles. The molecule has 1 aromatic rings. The van der Waals surface area contributed by atoms with Crippen molar-refractivity contribution in [3.63, 3.8) is 0 Å². The summed E-state index contributed by atoms with van der Waals surface area (Å²) in [6.07, 6.45) is 1.69. The van der Waals surface area contributed by atoms with E-state index in [0.29, 0.717) is 13.0 Å². The number of sulfonamides is 1. The van der Waals surface area contributed by atoms with Crippen molar-refractivity contribution >= 4 is 15.9 Å². The minimum Gasteiger partial charge on any atom is -0.497 e. The van der Waals surface area contributed by atoms with Gasteiger partial charge in [-0.25, -0.2) is 13.1 Å². The molecule has 1 rings (SSSR count). The van der Waals surface area contributed by atoms with Crippen LogP contribution in [0, 0.1) is 0 Å². The highest BCUT2D eigenvalue weighted by Crippen LogP contribution is 2.11. The number of benzene rings is 1. The summed E-state index contributed by atoms with van der Waals surface area (Å²) in [6, 6.07) is 7.53. The molecule has 0 unspecified atom stereocenters. The Hall–Kier alpha value is -1.60. The zero-order valence-corrected chi connectivity index (χ0v) is 11.8. The number of carbonyl (C=O) groups excluding carboxylic acids is 1. The molecule has 0 aliphatic rings. The minimum absolute atomic E-state index is 0.235. The molecule has 0 fully saturated rings. The lowest BCUT2D eigenvalue weighted by Crippen LogP contribution is -2.37. The zero-order valence-electron chi connectivity index (χ0n) is 11.0. The second kappa shape index (κ2) is 7.10. The number of nitrogens with one attached hydrogen (secondary N) is 2. The van der Waals surface area contributed by atoms with Crippen molar-refractivity contribution in [3.8, 4) is 5.75 Å². The molecule has 0 heterocycles. The maximum absolute atomic E-state index is 11.3. The Bertz CT molecular complexity index is 511. The Morgan fingerprint density at radius 1 is 1.26 bits per heavy atom. The van der Waals surface area contributed by atoms with Crippen LogP contribution in [0.2, 0.25) is 0 Å². The fourth-order valence-corrected chi connectivity index (χ4v) is 1.79. The van der Waals surface area contributed by atoms with Gasteiger partial charge in [0.15, 0.2) is 0 Å². The van der Waals surface area contributed by atoms with Gasteiger partial charge in [0.05, 0.1) is 19.9 Å². The number of rotatable bonds is 7. The summed E-state index contributed by atoms with van der Waals surface area (Å²) in [5.74, 6) is 0.434. The molecule has 0 spiro atoms. The molecule has 106 valence electrons. The fraction of sp³-hybridized carbons (Fsp3) is 0.417. The molecular formula is C12H18N2O4S. The minimum atomic E-state index is -3.33. The van der Waals surface area contributed by atoms with Gasteiger partial charge in [-0.15, -0.1) is 0 Å². The third-order valence-electron chi connectivity index (χ3n) is 2.39. The van der Waals surface area contributed by atoms with Crippen molar-refractivity contribution in [2.75, 3.05) is 26.5 Å². The zero-order chi connectivity index (χ0) is 14.3. The molecule has 19 heavy (non-hydrogen) atoms. The maximum Gasteiger partial charge on any atom is 0.235 e. The normalized spacial score (nSPS) is 11.1. The Morgan fingerprint density at radius 3 is 2.42 bits per heavy atom. The van der Waals surface area contributed by atoms with Gasteiger partial charge in [-0.2, -0.15) is 0 Å². The molecule has 0 saturated heterocycles. The molecule has 1 amide bonds. The first-order chi connectivity index (χ1) is 8.90. The largest absolute Gasteiger partial charge is 0.497 e. The second-order valence-corrected chi connectivity index (χ2v) is 5.87. The van der Waals surface area contributed by atoms with Gasteiger partial charge >= 0.3 is 0 Å². The summed E-state index contributed by atoms with van der Waals surface area (Å²) in [5, 5.41) is 2.64. The average molecular weight is 286 g/mol. The highest BCUT2D eigenvalue weighted by molar-refractivity contribution is 7.88. The summed E-state index contributed by atoms with van der Waals surface area (Å²) < 4.78 is 28.7. The van der Waals surface area contributed by atoms with Crippen LogP contribution in [0.15, 0.2) is 24.3 Å². The molecule has 2 N–H and O–H groups in total. The van der Waals surface area contributed by atoms with Gasteiger partial charge in [0.2, 0.25) is 15.9 Å². The van der Waals surface area contributed by atoms with Crippen molar-refractivity contribution in [2.24, 2.45) is 0 Å². The van der Waals surface area contributed by atoms with Gasteiger partial charge in [0.25, 0.3) is 0 Å². The van der Waals surface area contributed by atoms with Gasteiger partial charge < -0.3 is 10.1 Å². The predicted octanol–water partition coefficient (Wildman–Crippen LogP) is -0.0969. The fourth-order valence-electron chi connectivity index (χ4n) is 1.40. The highest BCUT2D eigenvalue weighted by Gasteiger charge is 2.05. The van der Waals surface area contributed by atoms with Crippen molar-refractivity contribution in [1.82, 2.24) is 10.0 Å². The number of amides is 1. The maximum atomic E-state index is 11.3. The summed E-state index contributed by atoms with van der Waals surface area (Å²) in [5.41, 5.74) is 1.07. The molecule has 0 aliphatic carbocycles. The van der Waals surface area contributed by atoms with E-state index in [1.165, 1.54) is 0 Å². The van der Waals surface area contributed by atoms with Gasteiger partial charge in [-0.3, -0.25) is 4.79 Å². The smallest absolute Gasteiger partial charge is 0.235 e. The third kappa shape index (κ3) is 6.78. The van der Waals surface area contributed by atoms with E-state index >= 15 is 0 Å². The second-order valence-electron chi connectivity index (χ2n) is 4.04. The van der Waals surface area contributed by atoms with Crippen LogP contribution in [-0.4, -0.2) is 40.8 Å². The van der Waals surface area contributed by atoms with Crippen LogP contribution in [-0.2, 0) is 21.2 Å². The lowest BCUT2D eigenvalue weighted by Gasteiger charge is -2.06. The molecule has 0 radical (unpaired) electrons. The van der Waals surface area contributed by atoms with Crippen LogP contribution in [0.1, 0.15) is 5.56 Å².